The summed E-state index contributed by atoms with van der Waals surface area (Å²) in [5.74, 6) is -2.18. The summed E-state index contributed by atoms with van der Waals surface area (Å²) in [4.78, 5) is 16.6. The summed E-state index contributed by atoms with van der Waals surface area (Å²) in [6.07, 6.45) is 9.89. The van der Waals surface area contributed by atoms with Gasteiger partial charge in [-0.05, 0) is 66.0 Å². The van der Waals surface area contributed by atoms with Gasteiger partial charge in [-0.3, -0.25) is 9.44 Å². The summed E-state index contributed by atoms with van der Waals surface area (Å²) in [5.41, 5.74) is 5.58. The molecule has 5 rings (SSSR count). The number of aromatic nitrogens is 1. The summed E-state index contributed by atoms with van der Waals surface area (Å²) in [6, 6.07) is 15.0. The van der Waals surface area contributed by atoms with Crippen molar-refractivity contribution in [1.29, 1.82) is 0 Å². The third kappa shape index (κ3) is 13.5. The average molecular weight is 944 g/mol. The van der Waals surface area contributed by atoms with Crippen molar-refractivity contribution in [2.45, 2.75) is 24.5 Å². The number of carbonyl (C=O) groups is 1. The van der Waals surface area contributed by atoms with Crippen LogP contribution in [0, 0.1) is 12.5 Å². The second-order valence-electron chi connectivity index (χ2n) is 11.0. The maximum Gasteiger partial charge on any atom is 0.341 e. The van der Waals surface area contributed by atoms with Crippen LogP contribution in [0.15, 0.2) is 124 Å². The van der Waals surface area contributed by atoms with Crippen molar-refractivity contribution < 1.29 is 86.0 Å². The molecule has 0 spiro atoms. The molecule has 0 bridgehead atoms. The fourth-order valence-corrected chi connectivity index (χ4v) is 7.91. The van der Waals surface area contributed by atoms with Crippen LogP contribution >= 0.6 is 36.1 Å². The number of phenolic OH excluding ortho intramolecular Hbond substituents is 1. The minimum Gasteiger partial charge on any atom is -0.505 e. The number of H-pyrrole nitrogens is 1. The minimum atomic E-state index is -5.12. The molecule has 4 aromatic carbocycles. The molecular formula is C33H31N6O17S5+. The second kappa shape index (κ2) is 22.9. The maximum absolute atomic E-state index is 12.7. The van der Waals surface area contributed by atoms with Crippen LogP contribution in [0.5, 0.6) is 5.75 Å². The molecule has 0 aliphatic rings. The number of pyridine rings is 1. The zero-order chi connectivity index (χ0) is 44.6. The number of hydrogen-bond acceptors (Lipinski definition) is 23. The highest BCUT2D eigenvalue weighted by Gasteiger charge is 2.26. The van der Waals surface area contributed by atoms with Crippen molar-refractivity contribution in [2.24, 2.45) is 20.5 Å². The number of ether oxygens (including phenoxy) is 1. The van der Waals surface area contributed by atoms with Gasteiger partial charge >= 0.3 is 5.97 Å². The van der Waals surface area contributed by atoms with E-state index in [0.29, 0.717) is 34.7 Å². The third-order valence-corrected chi connectivity index (χ3v) is 11.7. The summed E-state index contributed by atoms with van der Waals surface area (Å²) in [5, 5.41) is 60.2. The zero-order valence-corrected chi connectivity index (χ0v) is 34.6. The van der Waals surface area contributed by atoms with Crippen LogP contribution in [0.1, 0.15) is 11.8 Å². The predicted molar refractivity (Wildman–Crippen MR) is 215 cm³/mol. The van der Waals surface area contributed by atoms with Gasteiger partial charge in [0.25, 0.3) is 10.1 Å². The first-order chi connectivity index (χ1) is 29.1. The predicted octanol–water partition coefficient (Wildman–Crippen LogP) is 7.47. The lowest BCUT2D eigenvalue weighted by Crippen LogP contribution is -2.11. The van der Waals surface area contributed by atoms with Gasteiger partial charge in [0.15, 0.2) is 34.1 Å². The Morgan fingerprint density at radius 3 is 2.18 bits per heavy atom. The number of hydrogen-bond donors (Lipinski definition) is 6. The molecule has 8 N–H and O–H groups in total. The highest BCUT2D eigenvalue weighted by atomic mass is 32.2. The number of terminal acetylenes is 1. The number of rotatable bonds is 19. The zero-order valence-electron chi connectivity index (χ0n) is 30.5. The van der Waals surface area contributed by atoms with Crippen LogP contribution in [0.25, 0.3) is 10.8 Å². The lowest BCUT2D eigenvalue weighted by Gasteiger charge is -2.14. The van der Waals surface area contributed by atoms with Gasteiger partial charge in [0, 0.05) is 19.5 Å². The topological polar surface area (TPSA) is 341 Å². The lowest BCUT2D eigenvalue weighted by molar-refractivity contribution is -0.432. The number of azo groups is 2. The Hall–Kier alpha value is -5.49. The standard InChI is InChI=1S/C27H23N5O15S5.C6H5NO2.H2/c1-3-42-45-48-17-6-4-16(5-7-17)29-31-25-21(50-47-44-35)12-15-13-22(52(38,39)40)26(27(33)23(15)24(25)28)32-30-19-9-8-18(14-20(19)49-46-43-34)51(36,37)11-10-41-2;8-6(9)5-2-1-3-7-4-5;/h1,4-9,12-14,33-35H,10-11,28H2,2H3,(H,38,39,40);1-4H,(H,8,9);1H/p+1. The molecular weight excluding hydrogens is 913 g/mol. The number of benzene rings is 4. The molecule has 0 aliphatic carbocycles. The Morgan fingerprint density at radius 2 is 1.59 bits per heavy atom. The number of nitrogens with one attached hydrogen (secondary N) is 1. The Labute approximate surface area is 358 Å². The molecule has 324 valence electrons. The molecule has 1 aromatic heterocycles. The number of fused-ring (bicyclic) bond motifs is 1. The van der Waals surface area contributed by atoms with Crippen LogP contribution in [-0.4, -0.2) is 67.6 Å². The van der Waals surface area contributed by atoms with E-state index in [1.807, 2.05) is 6.11 Å². The van der Waals surface area contributed by atoms with Gasteiger partial charge < -0.3 is 20.7 Å². The van der Waals surface area contributed by atoms with E-state index >= 15 is 0 Å². The number of phenols is 1. The van der Waals surface area contributed by atoms with Gasteiger partial charge in [0.2, 0.25) is 0 Å². The quantitative estimate of drug-likeness (QED) is 0.00683. The molecule has 0 atom stereocenters. The van der Waals surface area contributed by atoms with Crippen LogP contribution in [-0.2, 0) is 52.7 Å². The van der Waals surface area contributed by atoms with E-state index in [9.17, 15) is 31.3 Å². The summed E-state index contributed by atoms with van der Waals surface area (Å²) < 4.78 is 79.0. The number of aromatic hydroxyl groups is 1. The SMILES string of the molecule is C#COOSc1ccc(N=Nc2c(SOOO)cc3cc(S(=O)(=O)O)c(N=Nc4ccc(S(=O)(=O)CCOC)cc4SOOO)c(O)c3c2N)cc1.O=C(O)c1ccc[nH+]c1.[HH]. The van der Waals surface area contributed by atoms with E-state index in [-0.39, 0.29) is 61.9 Å². The van der Waals surface area contributed by atoms with Crippen molar-refractivity contribution >= 4 is 101 Å². The van der Waals surface area contributed by atoms with Crippen molar-refractivity contribution in [1.82, 2.24) is 0 Å². The van der Waals surface area contributed by atoms with Crippen molar-refractivity contribution in [3.8, 4) is 18.3 Å². The fourth-order valence-electron chi connectivity index (χ4n) is 4.61. The van der Waals surface area contributed by atoms with E-state index in [0.717, 1.165) is 30.2 Å². The Kier molecular flexibility index (Phi) is 18.1. The van der Waals surface area contributed by atoms with Crippen LogP contribution < -0.4 is 10.7 Å². The lowest BCUT2D eigenvalue weighted by atomic mass is 10.1. The molecule has 28 heteroatoms. The molecule has 0 radical (unpaired) electrons. The molecule has 0 unspecified atom stereocenters. The number of carboxylic acids is 1. The second-order valence-corrected chi connectivity index (χ2v) is 16.8. The Morgan fingerprint density at radius 1 is 0.902 bits per heavy atom. The highest BCUT2D eigenvalue weighted by molar-refractivity contribution is 7.95. The molecule has 5 aromatic rings. The van der Waals surface area contributed by atoms with E-state index in [1.165, 1.54) is 31.5 Å². The van der Waals surface area contributed by atoms with E-state index in [1.54, 1.807) is 36.5 Å². The average Bonchev–Trinajstić information content (AvgIpc) is 3.24. The van der Waals surface area contributed by atoms with Gasteiger partial charge in [0.1, 0.15) is 27.5 Å². The first-order valence-electron chi connectivity index (χ1n) is 16.0. The molecule has 0 aliphatic heterocycles. The Bertz CT molecular complexity index is 2660. The number of aromatic amines is 1. The number of nitrogens with zero attached hydrogens (tertiary/aromatic N) is 4. The molecule has 0 saturated heterocycles. The molecule has 61 heavy (non-hydrogen) atoms. The van der Waals surface area contributed by atoms with Gasteiger partial charge in [-0.15, -0.1) is 24.0 Å². The normalized spacial score (nSPS) is 11.7. The third-order valence-electron chi connectivity index (χ3n) is 7.27. The number of sulfone groups is 1. The smallest absolute Gasteiger partial charge is 0.341 e. The molecule has 1 heterocycles. The molecule has 0 saturated carbocycles. The molecule has 0 amide bonds. The van der Waals surface area contributed by atoms with Crippen LogP contribution in [0.4, 0.5) is 28.4 Å². The number of carboxylic acid groups (broad SMARTS) is 1. The van der Waals surface area contributed by atoms with E-state index < -0.39 is 42.3 Å². The van der Waals surface area contributed by atoms with Gasteiger partial charge in [0.05, 0.1) is 79.9 Å². The number of methoxy groups -OCH3 is 1. The summed E-state index contributed by atoms with van der Waals surface area (Å²) in [7, 11) is -7.66. The van der Waals surface area contributed by atoms with E-state index in [4.69, 9.17) is 36.8 Å². The minimum absolute atomic E-state index is 0. The number of aromatic carboxylic acids is 1. The first-order valence-corrected chi connectivity index (χ1v) is 21.3. The number of anilines is 1. The van der Waals surface area contributed by atoms with Gasteiger partial charge in [-0.2, -0.15) is 13.5 Å². The summed E-state index contributed by atoms with van der Waals surface area (Å²) in [6.45, 7) is -0.108. The van der Waals surface area contributed by atoms with E-state index in [2.05, 4.69) is 49.1 Å². The van der Waals surface area contributed by atoms with Gasteiger partial charge in [-0.1, -0.05) is 20.8 Å². The largest absolute Gasteiger partial charge is 0.505 e. The number of nitrogen functional groups attached to an aromatic ring is 1. The van der Waals surface area contributed by atoms with Gasteiger partial charge in [-0.25, -0.2) is 28.7 Å². The molecule has 23 nitrogen and oxygen atoms in total. The van der Waals surface area contributed by atoms with Crippen molar-refractivity contribution in [2.75, 3.05) is 25.2 Å². The summed E-state index contributed by atoms with van der Waals surface area (Å²) >= 11 is 1.53. The highest BCUT2D eigenvalue weighted by Crippen LogP contribution is 2.49. The monoisotopic (exact) mass is 943 g/mol. The molecule has 0 fully saturated rings. The van der Waals surface area contributed by atoms with Crippen molar-refractivity contribution in [3.63, 3.8) is 0 Å². The van der Waals surface area contributed by atoms with Crippen LogP contribution in [0.3, 0.4) is 0 Å². The maximum atomic E-state index is 12.7. The Balaban J connectivity index is 0.000000907. The first kappa shape index (κ1) is 48.2. The number of nitrogens with two attached hydrogens (primary N) is 1. The van der Waals surface area contributed by atoms with Crippen molar-refractivity contribution in [3.05, 3.63) is 84.7 Å². The van der Waals surface area contributed by atoms with Crippen LogP contribution in [0.2, 0.25) is 0 Å². The fraction of sp³-hybridized carbons (Fsp3) is 0.0909.